The van der Waals surface area contributed by atoms with Gasteiger partial charge >= 0.3 is 0 Å². The van der Waals surface area contributed by atoms with Crippen LogP contribution in [0.25, 0.3) is 5.69 Å². The molecular formula is C28H30N6O4. The number of benzene rings is 2. The lowest BCUT2D eigenvalue weighted by Gasteiger charge is -2.35. The first-order chi connectivity index (χ1) is 18.2. The number of carbonyl (C=O) groups is 3. The van der Waals surface area contributed by atoms with Crippen LogP contribution in [0.5, 0.6) is 0 Å². The summed E-state index contributed by atoms with van der Waals surface area (Å²) in [5.74, 6) is -0.133. The first kappa shape index (κ1) is 25.2. The van der Waals surface area contributed by atoms with Crippen LogP contribution in [0.2, 0.25) is 0 Å². The molecule has 0 spiro atoms. The van der Waals surface area contributed by atoms with E-state index in [0.29, 0.717) is 52.5 Å². The van der Waals surface area contributed by atoms with Gasteiger partial charge in [0.2, 0.25) is 5.95 Å². The molecule has 0 saturated heterocycles. The fourth-order valence-electron chi connectivity index (χ4n) is 4.96. The van der Waals surface area contributed by atoms with Crippen molar-refractivity contribution >= 4 is 23.7 Å². The molecule has 3 aromatic rings. The van der Waals surface area contributed by atoms with Crippen molar-refractivity contribution in [1.29, 1.82) is 0 Å². The van der Waals surface area contributed by atoms with Crippen molar-refractivity contribution in [1.82, 2.24) is 25.1 Å². The normalized spacial score (nSPS) is 16.1. The Morgan fingerprint density at radius 1 is 1.08 bits per heavy atom. The van der Waals surface area contributed by atoms with Crippen molar-refractivity contribution in [3.8, 4) is 5.69 Å². The van der Waals surface area contributed by atoms with Gasteiger partial charge in [0.15, 0.2) is 0 Å². The second-order valence-electron chi connectivity index (χ2n) is 9.97. The molecule has 1 aromatic heterocycles. The van der Waals surface area contributed by atoms with Gasteiger partial charge in [-0.1, -0.05) is 0 Å². The van der Waals surface area contributed by atoms with E-state index in [9.17, 15) is 19.2 Å². The fourth-order valence-corrected chi connectivity index (χ4v) is 4.96. The Morgan fingerprint density at radius 2 is 1.79 bits per heavy atom. The van der Waals surface area contributed by atoms with Crippen molar-refractivity contribution in [3.63, 3.8) is 0 Å². The summed E-state index contributed by atoms with van der Waals surface area (Å²) in [4.78, 5) is 57.7. The quantitative estimate of drug-likeness (QED) is 0.480. The van der Waals surface area contributed by atoms with Crippen molar-refractivity contribution in [2.24, 2.45) is 0 Å². The molecule has 3 N–H and O–H groups in total. The molecule has 196 valence electrons. The number of hydrogen-bond donors (Lipinski definition) is 3. The lowest BCUT2D eigenvalue weighted by Crippen LogP contribution is -2.46. The summed E-state index contributed by atoms with van der Waals surface area (Å²) < 4.78 is 1.53. The molecule has 3 amide bonds. The molecule has 38 heavy (non-hydrogen) atoms. The number of rotatable bonds is 5. The maximum absolute atomic E-state index is 13.8. The Morgan fingerprint density at radius 3 is 2.47 bits per heavy atom. The highest BCUT2D eigenvalue weighted by atomic mass is 16.2. The highest BCUT2D eigenvalue weighted by molar-refractivity contribution is 6.01. The maximum Gasteiger partial charge on any atom is 0.263 e. The van der Waals surface area contributed by atoms with Crippen LogP contribution in [-0.2, 0) is 19.5 Å². The summed E-state index contributed by atoms with van der Waals surface area (Å²) >= 11 is 0. The predicted octanol–water partition coefficient (Wildman–Crippen LogP) is 2.24. The average Bonchev–Trinajstić information content (AvgIpc) is 3.28. The van der Waals surface area contributed by atoms with Gasteiger partial charge in [0.05, 0.1) is 17.9 Å². The zero-order valence-corrected chi connectivity index (χ0v) is 21.8. The molecule has 10 nitrogen and oxygen atoms in total. The summed E-state index contributed by atoms with van der Waals surface area (Å²) in [5.41, 5.74) is 3.89. The summed E-state index contributed by atoms with van der Waals surface area (Å²) in [6.07, 6.45) is 0.357. The first-order valence-electron chi connectivity index (χ1n) is 12.6. The number of fused-ring (bicyclic) bond motifs is 2. The van der Waals surface area contributed by atoms with Gasteiger partial charge < -0.3 is 20.9 Å². The Balaban J connectivity index is 1.51. The monoisotopic (exact) mass is 514 g/mol. The number of aromatic nitrogens is 2. The third-order valence-electron chi connectivity index (χ3n) is 6.94. The van der Waals surface area contributed by atoms with Crippen LogP contribution < -0.4 is 21.5 Å². The van der Waals surface area contributed by atoms with Crippen LogP contribution in [0.4, 0.5) is 5.95 Å². The van der Waals surface area contributed by atoms with Crippen LogP contribution in [0.1, 0.15) is 68.7 Å². The fraction of sp³-hybridized carbons (Fsp3) is 0.321. The molecule has 0 unspecified atom stereocenters. The van der Waals surface area contributed by atoms with E-state index in [1.54, 1.807) is 54.4 Å². The van der Waals surface area contributed by atoms with Gasteiger partial charge in [-0.3, -0.25) is 19.2 Å². The van der Waals surface area contributed by atoms with Gasteiger partial charge in [0.1, 0.15) is 0 Å². The van der Waals surface area contributed by atoms with Crippen molar-refractivity contribution in [2.45, 2.75) is 52.4 Å². The van der Waals surface area contributed by atoms with E-state index < -0.39 is 0 Å². The molecule has 0 radical (unpaired) electrons. The summed E-state index contributed by atoms with van der Waals surface area (Å²) in [6, 6.07) is 11.7. The van der Waals surface area contributed by atoms with Crippen molar-refractivity contribution in [2.75, 3.05) is 12.4 Å². The van der Waals surface area contributed by atoms with E-state index in [2.05, 4.69) is 16.0 Å². The number of amides is 3. The Kier molecular flexibility index (Phi) is 6.48. The molecule has 2 aromatic carbocycles. The smallest absolute Gasteiger partial charge is 0.263 e. The molecule has 10 heteroatoms. The Labute approximate surface area is 220 Å². The van der Waals surface area contributed by atoms with E-state index in [0.717, 1.165) is 5.56 Å². The van der Waals surface area contributed by atoms with Crippen LogP contribution in [0.3, 0.4) is 0 Å². The van der Waals surface area contributed by atoms with Crippen molar-refractivity contribution < 1.29 is 14.4 Å². The third-order valence-corrected chi connectivity index (χ3v) is 6.94. The topological polar surface area (TPSA) is 125 Å². The number of carbonyl (C=O) groups excluding carboxylic acids is 3. The highest BCUT2D eigenvalue weighted by Gasteiger charge is 2.32. The van der Waals surface area contributed by atoms with Gasteiger partial charge in [-0.05, 0) is 75.2 Å². The molecule has 0 bridgehead atoms. The van der Waals surface area contributed by atoms with Gasteiger partial charge in [0.25, 0.3) is 23.3 Å². The molecular weight excluding hydrogens is 484 g/mol. The number of nitrogens with zero attached hydrogens (tertiary/aromatic N) is 3. The molecule has 1 atom stereocenters. The first-order valence-corrected chi connectivity index (χ1v) is 12.6. The minimum atomic E-state index is -0.231. The van der Waals surface area contributed by atoms with E-state index in [1.807, 2.05) is 20.8 Å². The molecule has 0 aliphatic carbocycles. The molecule has 0 fully saturated rings. The molecule has 5 rings (SSSR count). The summed E-state index contributed by atoms with van der Waals surface area (Å²) in [5, 5.41) is 8.63. The number of hydrogen-bond acceptors (Lipinski definition) is 6. The molecule has 2 aliphatic heterocycles. The summed E-state index contributed by atoms with van der Waals surface area (Å²) in [7, 11) is 1.57. The lowest BCUT2D eigenvalue weighted by molar-refractivity contribution is 0.0652. The van der Waals surface area contributed by atoms with Crippen LogP contribution in [0, 0.1) is 0 Å². The highest BCUT2D eigenvalue weighted by Crippen LogP contribution is 2.26. The van der Waals surface area contributed by atoms with Gasteiger partial charge in [-0.15, -0.1) is 0 Å². The van der Waals surface area contributed by atoms with E-state index in [1.165, 1.54) is 4.57 Å². The number of anilines is 1. The van der Waals surface area contributed by atoms with E-state index in [4.69, 9.17) is 4.98 Å². The molecule has 0 saturated carbocycles. The summed E-state index contributed by atoms with van der Waals surface area (Å²) in [6.45, 7) is 6.43. The standard InChI is InChI=1S/C28H30N6O4/c1-15(2)31-28-32-23-14-33(26(37)18-7-10-21-19(12-18)13-30-25(21)36)16(3)11-22(23)27(38)34(28)20-8-5-17(6-9-20)24(35)29-4/h5-10,12,15-16H,11,13-14H2,1-4H3,(H,29,35)(H,30,36)(H,31,32)/t16-/m1/s1. The maximum atomic E-state index is 13.8. The van der Waals surface area contributed by atoms with E-state index >= 15 is 0 Å². The second kappa shape index (κ2) is 9.77. The zero-order chi connectivity index (χ0) is 27.1. The van der Waals surface area contributed by atoms with Gasteiger partial charge in [-0.25, -0.2) is 9.55 Å². The minimum Gasteiger partial charge on any atom is -0.355 e. The third kappa shape index (κ3) is 4.42. The van der Waals surface area contributed by atoms with Crippen LogP contribution >= 0.6 is 0 Å². The second-order valence-corrected chi connectivity index (χ2v) is 9.97. The Hall–Kier alpha value is -4.47. The SMILES string of the molecule is CNC(=O)c1ccc(-n2c(NC(C)C)nc3c(c2=O)C[C@@H](C)N(C(=O)c2ccc4c(c2)CNC4=O)C3)cc1. The predicted molar refractivity (Wildman–Crippen MR) is 143 cm³/mol. The lowest BCUT2D eigenvalue weighted by atomic mass is 9.97. The van der Waals surface area contributed by atoms with Crippen LogP contribution in [0.15, 0.2) is 47.3 Å². The van der Waals surface area contributed by atoms with Gasteiger partial charge in [-0.2, -0.15) is 0 Å². The van der Waals surface area contributed by atoms with Crippen molar-refractivity contribution in [3.05, 3.63) is 86.3 Å². The van der Waals surface area contributed by atoms with Crippen LogP contribution in [-0.4, -0.2) is 51.3 Å². The molecule has 2 aliphatic rings. The number of nitrogens with one attached hydrogen (secondary N) is 3. The average molecular weight is 515 g/mol. The largest absolute Gasteiger partial charge is 0.355 e. The van der Waals surface area contributed by atoms with E-state index in [-0.39, 0.29) is 41.9 Å². The molecule has 3 heterocycles. The minimum absolute atomic E-state index is 0.000625. The Bertz CT molecular complexity index is 1510. The van der Waals surface area contributed by atoms with Gasteiger partial charge in [0, 0.05) is 47.9 Å². The zero-order valence-electron chi connectivity index (χ0n) is 21.8.